The molecular weight excluding hydrogens is 278 g/mol. The van der Waals surface area contributed by atoms with Gasteiger partial charge < -0.3 is 15.3 Å². The molecule has 2 amide bonds. The molecule has 0 unspecified atom stereocenters. The van der Waals surface area contributed by atoms with Crippen LogP contribution in [0, 0.1) is 6.92 Å². The summed E-state index contributed by atoms with van der Waals surface area (Å²) >= 11 is 1.49. The molecule has 7 heteroatoms. The zero-order valence-corrected chi connectivity index (χ0v) is 13.1. The van der Waals surface area contributed by atoms with E-state index in [9.17, 15) is 9.59 Å². The van der Waals surface area contributed by atoms with Gasteiger partial charge in [0.15, 0.2) is 0 Å². The van der Waals surface area contributed by atoms with Crippen molar-refractivity contribution in [3.05, 3.63) is 16.1 Å². The van der Waals surface area contributed by atoms with Crippen LogP contribution in [-0.2, 0) is 11.3 Å². The summed E-state index contributed by atoms with van der Waals surface area (Å²) in [6, 6.07) is -0.272. The first-order valence-corrected chi connectivity index (χ1v) is 7.26. The molecule has 0 aliphatic rings. The molecule has 0 fully saturated rings. The quantitative estimate of drug-likeness (QED) is 0.873. The van der Waals surface area contributed by atoms with Crippen molar-refractivity contribution >= 4 is 23.3 Å². The minimum absolute atomic E-state index is 0.0684. The molecule has 0 saturated carbocycles. The van der Waals surface area contributed by atoms with Crippen molar-refractivity contribution in [3.63, 3.8) is 0 Å². The lowest BCUT2D eigenvalue weighted by Crippen LogP contribution is -2.50. The van der Waals surface area contributed by atoms with Crippen LogP contribution >= 0.6 is 11.3 Å². The number of nitrogens with zero attached hydrogens (tertiary/aromatic N) is 2. The number of urea groups is 1. The third-order valence-corrected chi connectivity index (χ3v) is 3.63. The molecule has 0 aromatic carbocycles. The maximum Gasteiger partial charge on any atom is 0.318 e. The van der Waals surface area contributed by atoms with E-state index in [0.717, 1.165) is 10.7 Å². The number of carboxylic acids is 1. The van der Waals surface area contributed by atoms with E-state index in [1.54, 1.807) is 0 Å². The lowest BCUT2D eigenvalue weighted by Gasteiger charge is -2.35. The molecule has 1 aromatic rings. The minimum atomic E-state index is -0.914. The molecule has 0 radical (unpaired) electrons. The van der Waals surface area contributed by atoms with Crippen LogP contribution < -0.4 is 5.32 Å². The topological polar surface area (TPSA) is 82.5 Å². The van der Waals surface area contributed by atoms with Crippen LogP contribution in [0.2, 0.25) is 0 Å². The molecule has 20 heavy (non-hydrogen) atoms. The lowest BCUT2D eigenvalue weighted by atomic mass is 10.1. The number of aliphatic carboxylic acids is 1. The molecule has 6 nitrogen and oxygen atoms in total. The Kier molecular flexibility index (Phi) is 5.50. The number of hydrogen-bond acceptors (Lipinski definition) is 4. The third kappa shape index (κ3) is 5.16. The Morgan fingerprint density at radius 3 is 2.55 bits per heavy atom. The molecule has 1 rings (SSSR count). The highest BCUT2D eigenvalue weighted by Crippen LogP contribution is 2.15. The average Bonchev–Trinajstić information content (AvgIpc) is 2.70. The fraction of sp³-hybridized carbons (Fsp3) is 0.615. The highest BCUT2D eigenvalue weighted by atomic mass is 32.1. The van der Waals surface area contributed by atoms with Crippen LogP contribution in [-0.4, -0.2) is 39.1 Å². The van der Waals surface area contributed by atoms with Gasteiger partial charge in [-0.2, -0.15) is 0 Å². The second-order valence-corrected chi connectivity index (χ2v) is 6.45. The maximum atomic E-state index is 12.2. The Morgan fingerprint density at radius 1 is 1.45 bits per heavy atom. The number of carboxylic acid groups (broad SMARTS) is 1. The third-order valence-electron chi connectivity index (χ3n) is 2.66. The van der Waals surface area contributed by atoms with E-state index >= 15 is 0 Å². The van der Waals surface area contributed by atoms with Gasteiger partial charge in [-0.1, -0.05) is 0 Å². The van der Waals surface area contributed by atoms with Gasteiger partial charge in [0, 0.05) is 23.2 Å². The van der Waals surface area contributed by atoms with Crippen molar-refractivity contribution in [1.82, 2.24) is 15.2 Å². The number of rotatable bonds is 5. The van der Waals surface area contributed by atoms with E-state index in [1.165, 1.54) is 16.2 Å². The van der Waals surface area contributed by atoms with Crippen LogP contribution in [0.5, 0.6) is 0 Å². The summed E-state index contributed by atoms with van der Waals surface area (Å²) < 4.78 is 0. The number of hydrogen-bond donors (Lipinski definition) is 2. The molecular formula is C13H21N3O3S. The van der Waals surface area contributed by atoms with E-state index < -0.39 is 11.5 Å². The smallest absolute Gasteiger partial charge is 0.318 e. The molecule has 112 valence electrons. The highest BCUT2D eigenvalue weighted by molar-refractivity contribution is 7.09. The number of carbonyl (C=O) groups is 2. The lowest BCUT2D eigenvalue weighted by molar-refractivity contribution is -0.137. The average molecular weight is 299 g/mol. The van der Waals surface area contributed by atoms with Crippen molar-refractivity contribution in [2.45, 2.75) is 46.2 Å². The Labute approximate surface area is 122 Å². The second kappa shape index (κ2) is 6.69. The van der Waals surface area contributed by atoms with Crippen molar-refractivity contribution in [3.8, 4) is 0 Å². The van der Waals surface area contributed by atoms with Gasteiger partial charge in [-0.3, -0.25) is 4.79 Å². The standard InChI is InChI=1S/C13H21N3O3S/c1-9-8-20-10(15-9)7-14-12(19)16(13(2,3)4)6-5-11(17)18/h8H,5-7H2,1-4H3,(H,14,19)(H,17,18). The van der Waals surface area contributed by atoms with Crippen molar-refractivity contribution < 1.29 is 14.7 Å². The Bertz CT molecular complexity index is 479. The summed E-state index contributed by atoms with van der Waals surface area (Å²) in [5.74, 6) is -0.914. The molecule has 1 heterocycles. The molecule has 0 aliphatic carbocycles. The van der Waals surface area contributed by atoms with E-state index in [-0.39, 0.29) is 19.0 Å². The van der Waals surface area contributed by atoms with E-state index in [2.05, 4.69) is 10.3 Å². The predicted octanol–water partition coefficient (Wildman–Crippen LogP) is 2.24. The predicted molar refractivity (Wildman–Crippen MR) is 77.8 cm³/mol. The number of carbonyl (C=O) groups excluding carboxylic acids is 1. The summed E-state index contributed by atoms with van der Waals surface area (Å²) in [5.41, 5.74) is 0.496. The van der Waals surface area contributed by atoms with Gasteiger partial charge in [-0.25, -0.2) is 9.78 Å². The van der Waals surface area contributed by atoms with Crippen molar-refractivity contribution in [1.29, 1.82) is 0 Å². The first kappa shape index (κ1) is 16.4. The van der Waals surface area contributed by atoms with Crippen molar-refractivity contribution in [2.24, 2.45) is 0 Å². The van der Waals surface area contributed by atoms with Crippen LogP contribution in [0.4, 0.5) is 4.79 Å². The Morgan fingerprint density at radius 2 is 2.10 bits per heavy atom. The van der Waals surface area contributed by atoms with E-state index in [1.807, 2.05) is 33.1 Å². The monoisotopic (exact) mass is 299 g/mol. The number of aromatic nitrogens is 1. The van der Waals surface area contributed by atoms with Gasteiger partial charge in [-0.05, 0) is 27.7 Å². The molecule has 0 saturated heterocycles. The SMILES string of the molecule is Cc1csc(CNC(=O)N(CCC(=O)O)C(C)(C)C)n1. The fourth-order valence-corrected chi connectivity index (χ4v) is 2.39. The largest absolute Gasteiger partial charge is 0.481 e. The Balaban J connectivity index is 2.61. The van der Waals surface area contributed by atoms with Crippen LogP contribution in [0.1, 0.15) is 37.9 Å². The normalized spacial score (nSPS) is 11.2. The second-order valence-electron chi connectivity index (χ2n) is 5.51. The van der Waals surface area contributed by atoms with Gasteiger partial charge in [0.2, 0.25) is 0 Å². The number of amides is 2. The number of nitrogens with one attached hydrogen (secondary N) is 1. The molecule has 0 atom stereocenters. The van der Waals surface area contributed by atoms with Gasteiger partial charge >= 0.3 is 12.0 Å². The summed E-state index contributed by atoms with van der Waals surface area (Å²) in [5, 5.41) is 14.3. The minimum Gasteiger partial charge on any atom is -0.481 e. The molecule has 1 aromatic heterocycles. The van der Waals surface area contributed by atoms with Crippen LogP contribution in [0.3, 0.4) is 0 Å². The zero-order valence-electron chi connectivity index (χ0n) is 12.3. The van der Waals surface area contributed by atoms with Gasteiger partial charge in [0.1, 0.15) is 5.01 Å². The van der Waals surface area contributed by atoms with Gasteiger partial charge in [0.25, 0.3) is 0 Å². The summed E-state index contributed by atoms with van der Waals surface area (Å²) in [6.07, 6.45) is -0.0684. The van der Waals surface area contributed by atoms with E-state index in [4.69, 9.17) is 5.11 Å². The van der Waals surface area contributed by atoms with Gasteiger partial charge in [-0.15, -0.1) is 11.3 Å². The maximum absolute atomic E-state index is 12.2. The molecule has 0 spiro atoms. The van der Waals surface area contributed by atoms with Crippen LogP contribution in [0.15, 0.2) is 5.38 Å². The van der Waals surface area contributed by atoms with E-state index in [0.29, 0.717) is 6.54 Å². The summed E-state index contributed by atoms with van der Waals surface area (Å²) in [6.45, 7) is 8.07. The van der Waals surface area contributed by atoms with Crippen molar-refractivity contribution in [2.75, 3.05) is 6.54 Å². The molecule has 2 N–H and O–H groups in total. The number of aryl methyl sites for hydroxylation is 1. The first-order valence-electron chi connectivity index (χ1n) is 6.38. The first-order chi connectivity index (χ1) is 9.20. The van der Waals surface area contributed by atoms with Gasteiger partial charge in [0.05, 0.1) is 13.0 Å². The summed E-state index contributed by atoms with van der Waals surface area (Å²) in [4.78, 5) is 28.6. The Hall–Kier alpha value is -1.63. The fourth-order valence-electron chi connectivity index (χ4n) is 1.68. The molecule has 0 bridgehead atoms. The zero-order chi connectivity index (χ0) is 15.3. The molecule has 0 aliphatic heterocycles. The van der Waals surface area contributed by atoms with Crippen LogP contribution in [0.25, 0.3) is 0 Å². The highest BCUT2D eigenvalue weighted by Gasteiger charge is 2.26. The number of thiazole rings is 1. The summed E-state index contributed by atoms with van der Waals surface area (Å²) in [7, 11) is 0.